The van der Waals surface area contributed by atoms with E-state index in [0.717, 1.165) is 16.2 Å². The summed E-state index contributed by atoms with van der Waals surface area (Å²) in [6.45, 7) is 0.671. The number of benzene rings is 1. The lowest BCUT2D eigenvalue weighted by Gasteiger charge is -2.04. The summed E-state index contributed by atoms with van der Waals surface area (Å²) < 4.78 is 5.74. The third-order valence-corrected chi connectivity index (χ3v) is 4.22. The fraction of sp³-hybridized carbons (Fsp3) is 0.250. The van der Waals surface area contributed by atoms with E-state index in [2.05, 4.69) is 30.2 Å². The molecule has 1 aromatic carbocycles. The maximum Gasteiger partial charge on any atom is 0.122 e. The predicted octanol–water partition coefficient (Wildman–Crippen LogP) is 3.78. The van der Waals surface area contributed by atoms with Crippen LogP contribution in [0.3, 0.4) is 0 Å². The second kappa shape index (κ2) is 8.01. The van der Waals surface area contributed by atoms with Gasteiger partial charge >= 0.3 is 0 Å². The molecule has 104 valence electrons. The Morgan fingerprint density at radius 3 is 2.80 bits per heavy atom. The molecule has 0 saturated heterocycles. The summed E-state index contributed by atoms with van der Waals surface area (Å²) in [5, 5.41) is 10.7. The van der Waals surface area contributed by atoms with Gasteiger partial charge in [-0.3, -0.25) is 0 Å². The molecule has 2 rings (SSSR count). The zero-order valence-corrected chi connectivity index (χ0v) is 12.9. The van der Waals surface area contributed by atoms with Crippen LogP contribution in [0.15, 0.2) is 40.6 Å². The first-order valence-corrected chi connectivity index (χ1v) is 8.36. The van der Waals surface area contributed by atoms with Crippen LogP contribution < -0.4 is 4.74 Å². The van der Waals surface area contributed by atoms with E-state index >= 15 is 0 Å². The van der Waals surface area contributed by atoms with Gasteiger partial charge in [0.2, 0.25) is 0 Å². The summed E-state index contributed by atoms with van der Waals surface area (Å²) in [5.74, 6) is 6.81. The summed E-state index contributed by atoms with van der Waals surface area (Å²) >= 11 is 3.36. The summed E-state index contributed by atoms with van der Waals surface area (Å²) in [5.41, 5.74) is 0.986. The van der Waals surface area contributed by atoms with Gasteiger partial charge in [-0.15, -0.1) is 23.1 Å². The third-order valence-electron chi connectivity index (χ3n) is 2.56. The van der Waals surface area contributed by atoms with Crippen molar-refractivity contribution in [3.8, 4) is 17.6 Å². The number of hydrogen-bond donors (Lipinski definition) is 1. The Hall–Kier alpha value is -1.41. The second-order valence-corrected chi connectivity index (χ2v) is 5.92. The molecule has 0 aliphatic rings. The second-order valence-electron chi connectivity index (χ2n) is 4.04. The highest BCUT2D eigenvalue weighted by molar-refractivity contribution is 7.98. The van der Waals surface area contributed by atoms with Gasteiger partial charge in [-0.1, -0.05) is 11.8 Å². The summed E-state index contributed by atoms with van der Waals surface area (Å²) in [4.78, 5) is 2.38. The van der Waals surface area contributed by atoms with E-state index in [1.54, 1.807) is 23.1 Å². The maximum absolute atomic E-state index is 8.68. The molecule has 0 spiro atoms. The highest BCUT2D eigenvalue weighted by atomic mass is 32.2. The van der Waals surface area contributed by atoms with E-state index in [0.29, 0.717) is 13.0 Å². The number of hydrogen-bond acceptors (Lipinski definition) is 4. The van der Waals surface area contributed by atoms with Crippen LogP contribution in [0.2, 0.25) is 0 Å². The van der Waals surface area contributed by atoms with Gasteiger partial charge in [-0.05, 0) is 36.6 Å². The lowest BCUT2D eigenvalue weighted by molar-refractivity contribution is 0.305. The Labute approximate surface area is 127 Å². The van der Waals surface area contributed by atoms with E-state index in [1.807, 2.05) is 23.6 Å². The molecule has 0 saturated carbocycles. The first kappa shape index (κ1) is 15.0. The summed E-state index contributed by atoms with van der Waals surface area (Å²) in [7, 11) is 0. The Morgan fingerprint density at radius 2 is 2.10 bits per heavy atom. The molecule has 0 radical (unpaired) electrons. The minimum absolute atomic E-state index is 0.110. The van der Waals surface area contributed by atoms with E-state index in [4.69, 9.17) is 9.84 Å². The Kier molecular flexibility index (Phi) is 6.00. The summed E-state index contributed by atoms with van der Waals surface area (Å²) in [6.07, 6.45) is 2.57. The molecule has 0 aliphatic carbocycles. The topological polar surface area (TPSA) is 29.5 Å². The molecule has 2 aromatic rings. The van der Waals surface area contributed by atoms with Crippen molar-refractivity contribution in [2.45, 2.75) is 17.9 Å². The molecule has 1 aromatic heterocycles. The predicted molar refractivity (Wildman–Crippen MR) is 85.5 cm³/mol. The van der Waals surface area contributed by atoms with Gasteiger partial charge in [-0.25, -0.2) is 0 Å². The van der Waals surface area contributed by atoms with Gasteiger partial charge in [0, 0.05) is 27.1 Å². The quantitative estimate of drug-likeness (QED) is 0.673. The molecule has 0 bridgehead atoms. The molecule has 0 fully saturated rings. The van der Waals surface area contributed by atoms with Gasteiger partial charge in [0.15, 0.2) is 0 Å². The van der Waals surface area contributed by atoms with Crippen LogP contribution in [0.5, 0.6) is 5.75 Å². The Balaban J connectivity index is 1.89. The van der Waals surface area contributed by atoms with Crippen LogP contribution in [0.4, 0.5) is 0 Å². The van der Waals surface area contributed by atoms with Crippen LogP contribution >= 0.6 is 23.1 Å². The van der Waals surface area contributed by atoms with Crippen LogP contribution in [-0.2, 0) is 6.61 Å². The number of ether oxygens (including phenoxy) is 1. The molecule has 0 atom stereocenters. The van der Waals surface area contributed by atoms with Crippen LogP contribution in [0.25, 0.3) is 0 Å². The number of thiophene rings is 1. The highest BCUT2D eigenvalue weighted by Crippen LogP contribution is 2.21. The molecule has 4 heteroatoms. The molecule has 1 heterocycles. The zero-order valence-electron chi connectivity index (χ0n) is 11.3. The molecule has 0 amide bonds. The van der Waals surface area contributed by atoms with Crippen molar-refractivity contribution in [3.63, 3.8) is 0 Å². The number of thioether (sulfide) groups is 1. The van der Waals surface area contributed by atoms with E-state index in [9.17, 15) is 0 Å². The minimum Gasteiger partial charge on any atom is -0.488 e. The average molecular weight is 304 g/mol. The van der Waals surface area contributed by atoms with Crippen LogP contribution in [0, 0.1) is 11.8 Å². The zero-order chi connectivity index (χ0) is 14.2. The van der Waals surface area contributed by atoms with E-state index in [-0.39, 0.29) is 6.61 Å². The van der Waals surface area contributed by atoms with Gasteiger partial charge in [0.05, 0.1) is 6.61 Å². The molecule has 0 unspecified atom stereocenters. The highest BCUT2D eigenvalue weighted by Gasteiger charge is 2.00. The standard InChI is InChI=1S/C16H16O2S2/c1-19-15-7-5-14(6-8-15)18-11-16-10-13(12-20-16)4-2-3-9-17/h5-8,10,12,17H,3,9,11H2,1H3. The van der Waals surface area contributed by atoms with Crippen molar-refractivity contribution in [3.05, 3.63) is 46.2 Å². The number of aliphatic hydroxyl groups is 1. The molecule has 20 heavy (non-hydrogen) atoms. The first-order chi connectivity index (χ1) is 9.81. The molecule has 0 aliphatic heterocycles. The monoisotopic (exact) mass is 304 g/mol. The van der Waals surface area contributed by atoms with Gasteiger partial charge in [0.1, 0.15) is 12.4 Å². The molecule has 2 nitrogen and oxygen atoms in total. The number of rotatable bonds is 5. The lowest BCUT2D eigenvalue weighted by Crippen LogP contribution is -1.92. The third kappa shape index (κ3) is 4.61. The van der Waals surface area contributed by atoms with Crippen molar-refractivity contribution < 1.29 is 9.84 Å². The van der Waals surface area contributed by atoms with Gasteiger partial charge in [-0.2, -0.15) is 0 Å². The van der Waals surface area contributed by atoms with E-state index < -0.39 is 0 Å². The van der Waals surface area contributed by atoms with Crippen LogP contribution in [-0.4, -0.2) is 18.0 Å². The fourth-order valence-electron chi connectivity index (χ4n) is 1.57. The van der Waals surface area contributed by atoms with Gasteiger partial charge < -0.3 is 9.84 Å². The SMILES string of the molecule is CSc1ccc(OCc2cc(C#CCCO)cs2)cc1. The van der Waals surface area contributed by atoms with Crippen molar-refractivity contribution in [2.75, 3.05) is 12.9 Å². The smallest absolute Gasteiger partial charge is 0.122 e. The average Bonchev–Trinajstić information content (AvgIpc) is 2.94. The largest absolute Gasteiger partial charge is 0.488 e. The fourth-order valence-corrected chi connectivity index (χ4v) is 2.70. The molecular weight excluding hydrogens is 288 g/mol. The van der Waals surface area contributed by atoms with Crippen molar-refractivity contribution in [2.24, 2.45) is 0 Å². The summed E-state index contributed by atoms with van der Waals surface area (Å²) in [6, 6.07) is 10.1. The Morgan fingerprint density at radius 1 is 1.30 bits per heavy atom. The molecule has 1 N–H and O–H groups in total. The van der Waals surface area contributed by atoms with Gasteiger partial charge in [0.25, 0.3) is 0 Å². The van der Waals surface area contributed by atoms with Crippen molar-refractivity contribution >= 4 is 23.1 Å². The number of aliphatic hydroxyl groups excluding tert-OH is 1. The maximum atomic E-state index is 8.68. The first-order valence-electron chi connectivity index (χ1n) is 6.26. The molecular formula is C16H16O2S2. The van der Waals surface area contributed by atoms with Crippen LogP contribution in [0.1, 0.15) is 16.9 Å². The Bertz CT molecular complexity index is 591. The minimum atomic E-state index is 0.110. The lowest BCUT2D eigenvalue weighted by atomic mass is 10.3. The normalized spacial score (nSPS) is 9.90. The van der Waals surface area contributed by atoms with Crippen molar-refractivity contribution in [1.29, 1.82) is 0 Å². The van der Waals surface area contributed by atoms with Crippen molar-refractivity contribution in [1.82, 2.24) is 0 Å². The van der Waals surface area contributed by atoms with E-state index in [1.165, 1.54) is 4.90 Å².